The summed E-state index contributed by atoms with van der Waals surface area (Å²) in [7, 11) is 0. The summed E-state index contributed by atoms with van der Waals surface area (Å²) in [6, 6.07) is 10.1. The quantitative estimate of drug-likeness (QED) is 0.829. The number of hydrogen-bond acceptors (Lipinski definition) is 4. The lowest BCUT2D eigenvalue weighted by atomic mass is 10.00. The highest BCUT2D eigenvalue weighted by Gasteiger charge is 2.22. The second-order valence-electron chi connectivity index (χ2n) is 6.17. The Kier molecular flexibility index (Phi) is 5.41. The summed E-state index contributed by atoms with van der Waals surface area (Å²) in [4.78, 5) is 23.0. The maximum atomic E-state index is 12.7. The van der Waals surface area contributed by atoms with E-state index in [0.717, 1.165) is 31.7 Å². The van der Waals surface area contributed by atoms with Crippen molar-refractivity contribution >= 4 is 11.7 Å². The average Bonchev–Trinajstić information content (AvgIpc) is 2.64. The van der Waals surface area contributed by atoms with Gasteiger partial charge in [-0.2, -0.15) is 0 Å². The van der Waals surface area contributed by atoms with Crippen LogP contribution in [0.3, 0.4) is 0 Å². The van der Waals surface area contributed by atoms with Gasteiger partial charge in [-0.3, -0.25) is 4.79 Å². The summed E-state index contributed by atoms with van der Waals surface area (Å²) < 4.78 is 0. The molecule has 2 aromatic rings. The van der Waals surface area contributed by atoms with Gasteiger partial charge < -0.3 is 10.2 Å². The van der Waals surface area contributed by atoms with E-state index >= 15 is 0 Å². The van der Waals surface area contributed by atoms with Gasteiger partial charge in [0.2, 0.25) is 0 Å². The summed E-state index contributed by atoms with van der Waals surface area (Å²) in [5.41, 5.74) is 3.02. The van der Waals surface area contributed by atoms with Gasteiger partial charge in [0.25, 0.3) is 5.91 Å². The van der Waals surface area contributed by atoms with Crippen LogP contribution in [0.25, 0.3) is 0 Å². The molecule has 1 aliphatic heterocycles. The topological polar surface area (TPSA) is 58.1 Å². The number of anilines is 1. The standard InChI is InChI=1S/C19H24N4O/c1-2-3-6-10-20-18-12-17(21-14-22-18)19(24)23-11-9-15-7-4-5-8-16(15)13-23/h4-5,7-8,12,14H,2-3,6,9-11,13H2,1H3,(H,20,21,22). The van der Waals surface area contributed by atoms with Crippen molar-refractivity contribution in [2.24, 2.45) is 0 Å². The van der Waals surface area contributed by atoms with E-state index in [9.17, 15) is 4.79 Å². The van der Waals surface area contributed by atoms with Crippen LogP contribution in [0.4, 0.5) is 5.82 Å². The maximum absolute atomic E-state index is 12.7. The first-order valence-corrected chi connectivity index (χ1v) is 8.70. The highest BCUT2D eigenvalue weighted by atomic mass is 16.2. The van der Waals surface area contributed by atoms with Gasteiger partial charge in [-0.25, -0.2) is 9.97 Å². The number of amides is 1. The van der Waals surface area contributed by atoms with E-state index in [1.165, 1.54) is 30.3 Å². The van der Waals surface area contributed by atoms with Crippen molar-refractivity contribution in [1.82, 2.24) is 14.9 Å². The number of carbonyl (C=O) groups excluding carboxylic acids is 1. The molecule has 5 heteroatoms. The first-order valence-electron chi connectivity index (χ1n) is 8.70. The Hall–Kier alpha value is -2.43. The molecule has 1 aromatic carbocycles. The van der Waals surface area contributed by atoms with E-state index in [2.05, 4.69) is 40.4 Å². The van der Waals surface area contributed by atoms with E-state index < -0.39 is 0 Å². The van der Waals surface area contributed by atoms with Crippen LogP contribution in [-0.4, -0.2) is 33.9 Å². The van der Waals surface area contributed by atoms with E-state index in [1.807, 2.05) is 11.0 Å². The van der Waals surface area contributed by atoms with E-state index in [4.69, 9.17) is 0 Å². The predicted molar refractivity (Wildman–Crippen MR) is 94.9 cm³/mol. The molecule has 1 N–H and O–H groups in total. The third-order valence-electron chi connectivity index (χ3n) is 4.39. The maximum Gasteiger partial charge on any atom is 0.272 e. The number of rotatable bonds is 6. The predicted octanol–water partition coefficient (Wildman–Crippen LogP) is 3.28. The van der Waals surface area contributed by atoms with Crippen molar-refractivity contribution in [3.8, 4) is 0 Å². The molecule has 5 nitrogen and oxygen atoms in total. The molecule has 126 valence electrons. The molecule has 0 bridgehead atoms. The number of carbonyl (C=O) groups is 1. The second kappa shape index (κ2) is 7.90. The van der Waals surface area contributed by atoms with E-state index in [1.54, 1.807) is 6.07 Å². The van der Waals surface area contributed by atoms with Crippen molar-refractivity contribution in [3.63, 3.8) is 0 Å². The minimum Gasteiger partial charge on any atom is -0.370 e. The van der Waals surface area contributed by atoms with Gasteiger partial charge in [0.05, 0.1) is 0 Å². The third-order valence-corrected chi connectivity index (χ3v) is 4.39. The lowest BCUT2D eigenvalue weighted by Crippen LogP contribution is -2.36. The van der Waals surface area contributed by atoms with Crippen LogP contribution in [0.5, 0.6) is 0 Å². The molecule has 0 fully saturated rings. The molecule has 1 aliphatic rings. The van der Waals surface area contributed by atoms with Crippen LogP contribution in [0.1, 0.15) is 47.8 Å². The van der Waals surface area contributed by atoms with Crippen LogP contribution in [0, 0.1) is 0 Å². The SMILES string of the molecule is CCCCCNc1cc(C(=O)N2CCc3ccccc3C2)ncn1. The van der Waals surface area contributed by atoms with Gasteiger partial charge in [0.15, 0.2) is 0 Å². The Labute approximate surface area is 143 Å². The molecule has 1 amide bonds. The zero-order valence-corrected chi connectivity index (χ0v) is 14.2. The third kappa shape index (κ3) is 3.91. The minimum absolute atomic E-state index is 0.0245. The summed E-state index contributed by atoms with van der Waals surface area (Å²) in [5, 5.41) is 3.27. The average molecular weight is 324 g/mol. The van der Waals surface area contributed by atoms with Crippen molar-refractivity contribution in [2.45, 2.75) is 39.2 Å². The number of unbranched alkanes of at least 4 members (excludes halogenated alkanes) is 2. The fourth-order valence-electron chi connectivity index (χ4n) is 2.99. The zero-order valence-electron chi connectivity index (χ0n) is 14.2. The lowest BCUT2D eigenvalue weighted by molar-refractivity contribution is 0.0728. The second-order valence-corrected chi connectivity index (χ2v) is 6.17. The van der Waals surface area contributed by atoms with Crippen LogP contribution in [-0.2, 0) is 13.0 Å². The number of fused-ring (bicyclic) bond motifs is 1. The number of hydrogen-bond donors (Lipinski definition) is 1. The van der Waals surface area contributed by atoms with Crippen LogP contribution >= 0.6 is 0 Å². The Morgan fingerprint density at radius 2 is 2.04 bits per heavy atom. The zero-order chi connectivity index (χ0) is 16.8. The van der Waals surface area contributed by atoms with Gasteiger partial charge in [-0.1, -0.05) is 44.0 Å². The Balaban J connectivity index is 1.65. The monoisotopic (exact) mass is 324 g/mol. The molecule has 2 heterocycles. The van der Waals surface area contributed by atoms with Crippen LogP contribution in [0.2, 0.25) is 0 Å². The Morgan fingerprint density at radius 3 is 2.88 bits per heavy atom. The minimum atomic E-state index is -0.0245. The van der Waals surface area contributed by atoms with Gasteiger partial charge in [0.1, 0.15) is 17.8 Å². The molecule has 1 aromatic heterocycles. The van der Waals surface area contributed by atoms with Crippen molar-refractivity contribution in [3.05, 3.63) is 53.5 Å². The lowest BCUT2D eigenvalue weighted by Gasteiger charge is -2.28. The van der Waals surface area contributed by atoms with E-state index in [0.29, 0.717) is 12.2 Å². The first kappa shape index (κ1) is 16.4. The van der Waals surface area contributed by atoms with Crippen molar-refractivity contribution < 1.29 is 4.79 Å². The number of benzene rings is 1. The smallest absolute Gasteiger partial charge is 0.272 e. The fraction of sp³-hybridized carbons (Fsp3) is 0.421. The molecule has 0 saturated heterocycles. The molecule has 0 spiro atoms. The van der Waals surface area contributed by atoms with Gasteiger partial charge in [-0.05, 0) is 24.0 Å². The molecular formula is C19H24N4O. The molecule has 0 radical (unpaired) electrons. The van der Waals surface area contributed by atoms with E-state index in [-0.39, 0.29) is 5.91 Å². The summed E-state index contributed by atoms with van der Waals surface area (Å²) in [6.07, 6.45) is 5.85. The van der Waals surface area contributed by atoms with Crippen molar-refractivity contribution in [1.29, 1.82) is 0 Å². The molecule has 0 aliphatic carbocycles. The highest BCUT2D eigenvalue weighted by molar-refractivity contribution is 5.93. The van der Waals surface area contributed by atoms with Gasteiger partial charge in [-0.15, -0.1) is 0 Å². The largest absolute Gasteiger partial charge is 0.370 e. The van der Waals surface area contributed by atoms with Gasteiger partial charge >= 0.3 is 0 Å². The summed E-state index contributed by atoms with van der Waals surface area (Å²) >= 11 is 0. The highest BCUT2D eigenvalue weighted by Crippen LogP contribution is 2.20. The summed E-state index contributed by atoms with van der Waals surface area (Å²) in [6.45, 7) is 4.44. The Morgan fingerprint density at radius 1 is 1.21 bits per heavy atom. The number of aromatic nitrogens is 2. The molecule has 0 saturated carbocycles. The molecule has 0 unspecified atom stereocenters. The number of nitrogens with one attached hydrogen (secondary N) is 1. The first-order chi connectivity index (χ1) is 11.8. The van der Waals surface area contributed by atoms with Gasteiger partial charge in [0, 0.05) is 25.7 Å². The van der Waals surface area contributed by atoms with Crippen molar-refractivity contribution in [2.75, 3.05) is 18.4 Å². The molecule has 3 rings (SSSR count). The Bertz CT molecular complexity index is 701. The fourth-order valence-corrected chi connectivity index (χ4v) is 2.99. The normalized spacial score (nSPS) is 13.5. The van der Waals surface area contributed by atoms with Crippen LogP contribution < -0.4 is 5.32 Å². The number of nitrogens with zero attached hydrogens (tertiary/aromatic N) is 3. The molecular weight excluding hydrogens is 300 g/mol. The summed E-state index contributed by atoms with van der Waals surface area (Å²) in [5.74, 6) is 0.699. The molecule has 0 atom stereocenters. The molecule has 24 heavy (non-hydrogen) atoms. The van der Waals surface area contributed by atoms with Crippen LogP contribution in [0.15, 0.2) is 36.7 Å².